The Hall–Kier alpha value is -0.860. The van der Waals surface area contributed by atoms with Gasteiger partial charge in [0.15, 0.2) is 0 Å². The van der Waals surface area contributed by atoms with Crippen LogP contribution in [0.1, 0.15) is 24.8 Å². The van der Waals surface area contributed by atoms with Gasteiger partial charge in [-0.1, -0.05) is 35.3 Å². The fourth-order valence-electron chi connectivity index (χ4n) is 1.76. The van der Waals surface area contributed by atoms with Gasteiger partial charge in [0, 0.05) is 24.0 Å². The van der Waals surface area contributed by atoms with Crippen LogP contribution in [0.2, 0.25) is 10.0 Å². The highest BCUT2D eigenvalue weighted by Crippen LogP contribution is 2.24. The standard InChI is InChI=1S/C13H14Cl2N2/c14-12-6-3-4-10(13(12)15)8-16-9-11-5-1-2-7-17-11/h3-4,6,8H,1-2,5,7,9H2. The van der Waals surface area contributed by atoms with Gasteiger partial charge in [0.2, 0.25) is 0 Å². The second-order valence-electron chi connectivity index (χ2n) is 4.02. The summed E-state index contributed by atoms with van der Waals surface area (Å²) < 4.78 is 0. The summed E-state index contributed by atoms with van der Waals surface area (Å²) in [6.07, 6.45) is 5.27. The Balaban J connectivity index is 2.00. The summed E-state index contributed by atoms with van der Waals surface area (Å²) in [5.41, 5.74) is 2.04. The SMILES string of the molecule is Clc1cccc(C=NCC2=NCCCC2)c1Cl. The molecule has 2 rings (SSSR count). The van der Waals surface area contributed by atoms with Crippen molar-refractivity contribution in [2.45, 2.75) is 19.3 Å². The van der Waals surface area contributed by atoms with E-state index in [1.54, 1.807) is 12.3 Å². The highest BCUT2D eigenvalue weighted by molar-refractivity contribution is 6.43. The highest BCUT2D eigenvalue weighted by atomic mass is 35.5. The van der Waals surface area contributed by atoms with Crippen LogP contribution < -0.4 is 0 Å². The van der Waals surface area contributed by atoms with Gasteiger partial charge in [-0.25, -0.2) is 0 Å². The van der Waals surface area contributed by atoms with E-state index in [0.717, 1.165) is 18.5 Å². The number of hydrogen-bond donors (Lipinski definition) is 0. The molecule has 0 amide bonds. The molecule has 0 bridgehead atoms. The van der Waals surface area contributed by atoms with Crippen molar-refractivity contribution >= 4 is 35.1 Å². The molecule has 0 N–H and O–H groups in total. The molecule has 0 saturated heterocycles. The van der Waals surface area contributed by atoms with Crippen molar-refractivity contribution in [3.63, 3.8) is 0 Å². The molecule has 17 heavy (non-hydrogen) atoms. The summed E-state index contributed by atoms with van der Waals surface area (Å²) in [5, 5.41) is 1.12. The summed E-state index contributed by atoms with van der Waals surface area (Å²) in [6.45, 7) is 1.62. The van der Waals surface area contributed by atoms with E-state index in [0.29, 0.717) is 16.6 Å². The van der Waals surface area contributed by atoms with Gasteiger partial charge in [-0.15, -0.1) is 0 Å². The first kappa shape index (κ1) is 12.6. The van der Waals surface area contributed by atoms with Crippen molar-refractivity contribution in [1.29, 1.82) is 0 Å². The smallest absolute Gasteiger partial charge is 0.0768 e. The molecule has 0 spiro atoms. The molecule has 0 atom stereocenters. The number of hydrogen-bond acceptors (Lipinski definition) is 2. The third kappa shape index (κ3) is 3.55. The van der Waals surface area contributed by atoms with Gasteiger partial charge in [-0.05, 0) is 25.3 Å². The topological polar surface area (TPSA) is 24.7 Å². The zero-order valence-corrected chi connectivity index (χ0v) is 11.0. The lowest BCUT2D eigenvalue weighted by Gasteiger charge is -2.08. The van der Waals surface area contributed by atoms with E-state index in [9.17, 15) is 0 Å². The van der Waals surface area contributed by atoms with Gasteiger partial charge in [0.25, 0.3) is 0 Å². The van der Waals surface area contributed by atoms with Gasteiger partial charge in [0.1, 0.15) is 0 Å². The second-order valence-corrected chi connectivity index (χ2v) is 4.80. The molecule has 0 aromatic heterocycles. The van der Waals surface area contributed by atoms with E-state index in [4.69, 9.17) is 23.2 Å². The zero-order chi connectivity index (χ0) is 12.1. The predicted octanol–water partition coefficient (Wildman–Crippen LogP) is 4.04. The summed E-state index contributed by atoms with van der Waals surface area (Å²) in [4.78, 5) is 8.81. The lowest BCUT2D eigenvalue weighted by atomic mass is 10.1. The quantitative estimate of drug-likeness (QED) is 0.740. The molecule has 0 aliphatic carbocycles. The molecule has 1 aromatic rings. The van der Waals surface area contributed by atoms with E-state index >= 15 is 0 Å². The van der Waals surface area contributed by atoms with Crippen molar-refractivity contribution in [3.05, 3.63) is 33.8 Å². The maximum atomic E-state index is 6.06. The molecule has 4 heteroatoms. The van der Waals surface area contributed by atoms with Gasteiger partial charge in [0.05, 0.1) is 16.6 Å². The molecule has 2 nitrogen and oxygen atoms in total. The fraction of sp³-hybridized carbons (Fsp3) is 0.385. The largest absolute Gasteiger partial charge is 0.292 e. The summed E-state index contributed by atoms with van der Waals surface area (Å²) in [5.74, 6) is 0. The van der Waals surface area contributed by atoms with Crippen LogP contribution in [0.25, 0.3) is 0 Å². The number of benzene rings is 1. The van der Waals surface area contributed by atoms with E-state index < -0.39 is 0 Å². The van der Waals surface area contributed by atoms with Crippen molar-refractivity contribution in [3.8, 4) is 0 Å². The van der Waals surface area contributed by atoms with Crippen molar-refractivity contribution in [1.82, 2.24) is 0 Å². The van der Waals surface area contributed by atoms with Crippen LogP contribution in [0.5, 0.6) is 0 Å². The molecule has 1 aliphatic heterocycles. The second kappa shape index (κ2) is 6.18. The first-order valence-corrected chi connectivity index (χ1v) is 6.49. The van der Waals surface area contributed by atoms with Crippen molar-refractivity contribution in [2.75, 3.05) is 13.1 Å². The molecule has 1 heterocycles. The Kier molecular flexibility index (Phi) is 4.57. The molecule has 1 aliphatic rings. The van der Waals surface area contributed by atoms with Crippen LogP contribution in [0, 0.1) is 0 Å². The molecule has 0 unspecified atom stereocenters. The molecule has 0 fully saturated rings. The van der Waals surface area contributed by atoms with Crippen LogP contribution in [-0.4, -0.2) is 25.0 Å². The van der Waals surface area contributed by atoms with Gasteiger partial charge >= 0.3 is 0 Å². The lowest BCUT2D eigenvalue weighted by molar-refractivity contribution is 0.731. The first-order valence-electron chi connectivity index (χ1n) is 5.73. The lowest BCUT2D eigenvalue weighted by Crippen LogP contribution is -2.09. The van der Waals surface area contributed by atoms with Crippen LogP contribution in [0.3, 0.4) is 0 Å². The van der Waals surface area contributed by atoms with Crippen LogP contribution in [-0.2, 0) is 0 Å². The normalized spacial score (nSPS) is 16.2. The van der Waals surface area contributed by atoms with Gasteiger partial charge in [-0.2, -0.15) is 0 Å². The van der Waals surface area contributed by atoms with Gasteiger partial charge < -0.3 is 0 Å². The molecular formula is C13H14Cl2N2. The average molecular weight is 269 g/mol. The fourth-order valence-corrected chi connectivity index (χ4v) is 2.11. The summed E-state index contributed by atoms with van der Waals surface area (Å²) >= 11 is 12.0. The zero-order valence-electron chi connectivity index (χ0n) is 9.50. The van der Waals surface area contributed by atoms with Crippen molar-refractivity contribution in [2.24, 2.45) is 9.98 Å². The third-order valence-electron chi connectivity index (χ3n) is 2.69. The molecule has 1 aromatic carbocycles. The minimum absolute atomic E-state index is 0.559. The Morgan fingerprint density at radius 1 is 1.29 bits per heavy atom. The maximum absolute atomic E-state index is 6.06. The van der Waals surface area contributed by atoms with E-state index in [-0.39, 0.29) is 0 Å². The summed E-state index contributed by atoms with van der Waals surface area (Å²) in [7, 11) is 0. The van der Waals surface area contributed by atoms with E-state index in [2.05, 4.69) is 9.98 Å². The van der Waals surface area contributed by atoms with Crippen LogP contribution in [0.15, 0.2) is 28.2 Å². The molecular weight excluding hydrogens is 255 g/mol. The monoisotopic (exact) mass is 268 g/mol. The van der Waals surface area contributed by atoms with Crippen LogP contribution in [0.4, 0.5) is 0 Å². The van der Waals surface area contributed by atoms with E-state index in [1.165, 1.54) is 18.6 Å². The third-order valence-corrected chi connectivity index (χ3v) is 3.53. The predicted molar refractivity (Wildman–Crippen MR) is 75.1 cm³/mol. The molecule has 0 saturated carbocycles. The summed E-state index contributed by atoms with van der Waals surface area (Å²) in [6, 6.07) is 5.54. The average Bonchev–Trinajstić information content (AvgIpc) is 2.36. The minimum Gasteiger partial charge on any atom is -0.292 e. The Morgan fingerprint density at radius 3 is 2.94 bits per heavy atom. The minimum atomic E-state index is 0.559. The number of nitrogens with zero attached hydrogens (tertiary/aromatic N) is 2. The first-order chi connectivity index (χ1) is 8.27. The highest BCUT2D eigenvalue weighted by Gasteiger charge is 2.04. The van der Waals surface area contributed by atoms with Gasteiger partial charge in [-0.3, -0.25) is 9.98 Å². The maximum Gasteiger partial charge on any atom is 0.0768 e. The molecule has 90 valence electrons. The Labute approximate surface area is 111 Å². The number of rotatable bonds is 3. The molecule has 0 radical (unpaired) electrons. The van der Waals surface area contributed by atoms with Crippen molar-refractivity contribution < 1.29 is 0 Å². The van der Waals surface area contributed by atoms with Crippen LogP contribution >= 0.6 is 23.2 Å². The number of halogens is 2. The Morgan fingerprint density at radius 2 is 2.18 bits per heavy atom. The number of aliphatic imine (C=N–C) groups is 2. The Bertz CT molecular complexity index is 453. The van der Waals surface area contributed by atoms with E-state index in [1.807, 2.05) is 12.1 Å².